The lowest BCUT2D eigenvalue weighted by Gasteiger charge is -2.25. The molecule has 3 nitrogen and oxygen atoms in total. The van der Waals surface area contributed by atoms with Gasteiger partial charge in [0.1, 0.15) is 5.82 Å². The van der Waals surface area contributed by atoms with Gasteiger partial charge >= 0.3 is 0 Å². The zero-order valence-electron chi connectivity index (χ0n) is 11.1. The fraction of sp³-hybridized carbons (Fsp3) is 0.615. The first-order chi connectivity index (χ1) is 8.10. The first kappa shape index (κ1) is 14.3. The molecule has 1 atom stereocenters. The summed E-state index contributed by atoms with van der Waals surface area (Å²) in [5, 5.41) is 3.99. The maximum absolute atomic E-state index is 6.27. The minimum Gasteiger partial charge on any atom is -0.356 e. The number of pyridine rings is 1. The van der Waals surface area contributed by atoms with E-state index in [1.807, 2.05) is 19.3 Å². The average molecular weight is 256 g/mol. The van der Waals surface area contributed by atoms with Crippen LogP contribution in [0.15, 0.2) is 12.3 Å². The average Bonchev–Trinajstić information content (AvgIpc) is 2.34. The molecule has 1 heterocycles. The smallest absolute Gasteiger partial charge is 0.147 e. The topological polar surface area (TPSA) is 28.2 Å². The van der Waals surface area contributed by atoms with Crippen molar-refractivity contribution >= 4 is 17.4 Å². The van der Waals surface area contributed by atoms with E-state index < -0.39 is 0 Å². The number of nitrogens with zero attached hydrogens (tertiary/aromatic N) is 2. The summed E-state index contributed by atoms with van der Waals surface area (Å²) in [6.07, 6.45) is 2.97. The first-order valence-corrected chi connectivity index (χ1v) is 6.55. The fourth-order valence-electron chi connectivity index (χ4n) is 1.58. The van der Waals surface area contributed by atoms with Gasteiger partial charge < -0.3 is 10.2 Å². The number of rotatable bonds is 6. The van der Waals surface area contributed by atoms with Gasteiger partial charge in [0.15, 0.2) is 0 Å². The number of halogens is 1. The van der Waals surface area contributed by atoms with E-state index >= 15 is 0 Å². The van der Waals surface area contributed by atoms with Gasteiger partial charge in [0.05, 0.1) is 5.02 Å². The third-order valence-electron chi connectivity index (χ3n) is 3.04. The van der Waals surface area contributed by atoms with Crippen molar-refractivity contribution in [3.8, 4) is 0 Å². The highest BCUT2D eigenvalue weighted by Gasteiger charge is 2.13. The molecule has 0 aliphatic rings. The van der Waals surface area contributed by atoms with Crippen molar-refractivity contribution in [2.45, 2.75) is 39.8 Å². The highest BCUT2D eigenvalue weighted by atomic mass is 35.5. The molecule has 1 aromatic heterocycles. The Morgan fingerprint density at radius 2 is 2.18 bits per heavy atom. The predicted octanol–water partition coefficient (Wildman–Crippen LogP) is 3.08. The Balaban J connectivity index is 2.82. The highest BCUT2D eigenvalue weighted by molar-refractivity contribution is 6.33. The van der Waals surface area contributed by atoms with Crippen LogP contribution >= 0.6 is 11.6 Å². The largest absolute Gasteiger partial charge is 0.356 e. The van der Waals surface area contributed by atoms with Gasteiger partial charge in [-0.1, -0.05) is 25.4 Å². The van der Waals surface area contributed by atoms with E-state index in [-0.39, 0.29) is 0 Å². The molecule has 0 spiro atoms. The SMILES string of the molecule is CCNCc1cnc(N(C)C(C)CC)c(Cl)c1. The van der Waals surface area contributed by atoms with Crippen molar-refractivity contribution in [2.24, 2.45) is 0 Å². The molecule has 0 bridgehead atoms. The van der Waals surface area contributed by atoms with E-state index in [4.69, 9.17) is 11.6 Å². The fourth-order valence-corrected chi connectivity index (χ4v) is 1.90. The summed E-state index contributed by atoms with van der Waals surface area (Å²) in [5.74, 6) is 0.862. The van der Waals surface area contributed by atoms with Crippen molar-refractivity contribution in [1.82, 2.24) is 10.3 Å². The molecule has 1 N–H and O–H groups in total. The van der Waals surface area contributed by atoms with Crippen LogP contribution in [0.5, 0.6) is 0 Å². The molecule has 0 aromatic carbocycles. The number of hydrogen-bond acceptors (Lipinski definition) is 3. The second kappa shape index (κ2) is 6.82. The maximum Gasteiger partial charge on any atom is 0.147 e. The Hall–Kier alpha value is -0.800. The summed E-state index contributed by atoms with van der Waals surface area (Å²) in [5.41, 5.74) is 1.12. The summed E-state index contributed by atoms with van der Waals surface area (Å²) in [6, 6.07) is 2.44. The van der Waals surface area contributed by atoms with Crippen LogP contribution in [-0.4, -0.2) is 24.6 Å². The van der Waals surface area contributed by atoms with Gasteiger partial charge in [-0.15, -0.1) is 0 Å². The number of aromatic nitrogens is 1. The van der Waals surface area contributed by atoms with Crippen LogP contribution in [0.1, 0.15) is 32.8 Å². The van der Waals surface area contributed by atoms with Gasteiger partial charge in [0, 0.05) is 25.8 Å². The summed E-state index contributed by atoms with van der Waals surface area (Å²) in [4.78, 5) is 6.58. The van der Waals surface area contributed by atoms with Crippen LogP contribution in [0.25, 0.3) is 0 Å². The molecule has 1 unspecified atom stereocenters. The van der Waals surface area contributed by atoms with Crippen LogP contribution < -0.4 is 10.2 Å². The van der Waals surface area contributed by atoms with Crippen molar-refractivity contribution in [3.63, 3.8) is 0 Å². The zero-order chi connectivity index (χ0) is 12.8. The Morgan fingerprint density at radius 3 is 2.71 bits per heavy atom. The molecule has 96 valence electrons. The first-order valence-electron chi connectivity index (χ1n) is 6.18. The minimum absolute atomic E-state index is 0.444. The van der Waals surface area contributed by atoms with Crippen LogP contribution in [0.4, 0.5) is 5.82 Å². The summed E-state index contributed by atoms with van der Waals surface area (Å²) < 4.78 is 0. The van der Waals surface area contributed by atoms with Gasteiger partial charge in [-0.3, -0.25) is 0 Å². The molecule has 0 aliphatic carbocycles. The van der Waals surface area contributed by atoms with E-state index in [1.54, 1.807) is 0 Å². The van der Waals surface area contributed by atoms with Gasteiger partial charge in [0.2, 0.25) is 0 Å². The Bertz CT molecular complexity index is 355. The van der Waals surface area contributed by atoms with Crippen LogP contribution in [0.2, 0.25) is 5.02 Å². The highest BCUT2D eigenvalue weighted by Crippen LogP contribution is 2.25. The van der Waals surface area contributed by atoms with Gasteiger partial charge in [-0.05, 0) is 31.5 Å². The van der Waals surface area contributed by atoms with E-state index in [2.05, 4.69) is 36.0 Å². The van der Waals surface area contributed by atoms with Crippen molar-refractivity contribution < 1.29 is 0 Å². The molecule has 0 saturated heterocycles. The van der Waals surface area contributed by atoms with E-state index in [0.717, 1.165) is 35.9 Å². The molecule has 0 saturated carbocycles. The Labute approximate surface area is 109 Å². The van der Waals surface area contributed by atoms with E-state index in [1.165, 1.54) is 0 Å². The van der Waals surface area contributed by atoms with Crippen LogP contribution in [0.3, 0.4) is 0 Å². The standard InChI is InChI=1S/C13H22ClN3/c1-5-10(3)17(4)13-12(14)7-11(9-16-13)8-15-6-2/h7,9-10,15H,5-6,8H2,1-4H3. The maximum atomic E-state index is 6.27. The molecule has 17 heavy (non-hydrogen) atoms. The van der Waals surface area contributed by atoms with Gasteiger partial charge in [-0.25, -0.2) is 4.98 Å². The summed E-state index contributed by atoms with van der Waals surface area (Å²) in [6.45, 7) is 8.18. The third kappa shape index (κ3) is 3.86. The second-order valence-corrected chi connectivity index (χ2v) is 4.70. The number of hydrogen-bond donors (Lipinski definition) is 1. The van der Waals surface area contributed by atoms with Gasteiger partial charge in [0.25, 0.3) is 0 Å². The van der Waals surface area contributed by atoms with Gasteiger partial charge in [-0.2, -0.15) is 0 Å². The monoisotopic (exact) mass is 255 g/mol. The summed E-state index contributed by atoms with van der Waals surface area (Å²) in [7, 11) is 2.03. The molecule has 0 radical (unpaired) electrons. The molecule has 4 heteroatoms. The molecule has 1 rings (SSSR count). The molecule has 1 aromatic rings. The second-order valence-electron chi connectivity index (χ2n) is 4.30. The third-order valence-corrected chi connectivity index (χ3v) is 3.32. The lowest BCUT2D eigenvalue weighted by molar-refractivity contribution is 0.656. The van der Waals surface area contributed by atoms with E-state index in [9.17, 15) is 0 Å². The normalized spacial score (nSPS) is 12.5. The zero-order valence-corrected chi connectivity index (χ0v) is 11.9. The van der Waals surface area contributed by atoms with Crippen molar-refractivity contribution in [3.05, 3.63) is 22.8 Å². The molecule has 0 aliphatic heterocycles. The molecular formula is C13H22ClN3. The van der Waals surface area contributed by atoms with Crippen molar-refractivity contribution in [2.75, 3.05) is 18.5 Å². The van der Waals surface area contributed by atoms with Crippen LogP contribution in [-0.2, 0) is 6.54 Å². The molecule has 0 amide bonds. The molecular weight excluding hydrogens is 234 g/mol. The Morgan fingerprint density at radius 1 is 1.47 bits per heavy atom. The van der Waals surface area contributed by atoms with Crippen LogP contribution in [0, 0.1) is 0 Å². The Kier molecular flexibility index (Phi) is 5.72. The minimum atomic E-state index is 0.444. The predicted molar refractivity (Wildman–Crippen MR) is 74.8 cm³/mol. The number of nitrogens with one attached hydrogen (secondary N) is 1. The quantitative estimate of drug-likeness (QED) is 0.847. The number of anilines is 1. The van der Waals surface area contributed by atoms with Crippen molar-refractivity contribution in [1.29, 1.82) is 0 Å². The molecule has 0 fully saturated rings. The van der Waals surface area contributed by atoms with E-state index in [0.29, 0.717) is 6.04 Å². The lowest BCUT2D eigenvalue weighted by atomic mass is 10.2. The lowest BCUT2D eigenvalue weighted by Crippen LogP contribution is -2.29. The summed E-state index contributed by atoms with van der Waals surface area (Å²) >= 11 is 6.27.